The predicted molar refractivity (Wildman–Crippen MR) is 124 cm³/mol. The minimum Gasteiger partial charge on any atom is -0.376 e. The third-order valence-electron chi connectivity index (χ3n) is 6.98. The number of alkyl halides is 3. The highest BCUT2D eigenvalue weighted by Crippen LogP contribution is 2.50. The van der Waals surface area contributed by atoms with Gasteiger partial charge in [-0.2, -0.15) is 17.5 Å². The Morgan fingerprint density at radius 2 is 1.63 bits per heavy atom. The fourth-order valence-corrected chi connectivity index (χ4v) is 6.29. The van der Waals surface area contributed by atoms with E-state index in [0.717, 1.165) is 29.8 Å². The van der Waals surface area contributed by atoms with Crippen LogP contribution >= 0.6 is 11.6 Å². The van der Waals surface area contributed by atoms with Crippen LogP contribution in [0.4, 0.5) is 13.2 Å². The summed E-state index contributed by atoms with van der Waals surface area (Å²) < 4.78 is 67.0. The second kappa shape index (κ2) is 8.76. The third kappa shape index (κ3) is 4.57. The Morgan fingerprint density at radius 3 is 2.11 bits per heavy atom. The van der Waals surface area contributed by atoms with E-state index in [-0.39, 0.29) is 30.4 Å². The van der Waals surface area contributed by atoms with E-state index >= 15 is 0 Å². The molecule has 1 N–H and O–H groups in total. The number of halogens is 4. The summed E-state index contributed by atoms with van der Waals surface area (Å²) in [4.78, 5) is 14.9. The summed E-state index contributed by atoms with van der Waals surface area (Å²) in [7, 11) is -4.02. The smallest absolute Gasteiger partial charge is 0.376 e. The van der Waals surface area contributed by atoms with E-state index in [2.05, 4.69) is 0 Å². The average Bonchev–Trinajstić information content (AvgIpc) is 3.60. The van der Waals surface area contributed by atoms with E-state index in [4.69, 9.17) is 11.6 Å². The highest BCUT2D eigenvalue weighted by molar-refractivity contribution is 7.89. The number of hydrogen-bond donors (Lipinski definition) is 1. The van der Waals surface area contributed by atoms with Crippen LogP contribution in [0.2, 0.25) is 5.02 Å². The van der Waals surface area contributed by atoms with Crippen molar-refractivity contribution in [2.45, 2.75) is 54.8 Å². The molecule has 2 fully saturated rings. The summed E-state index contributed by atoms with van der Waals surface area (Å²) in [6.45, 7) is 2.79. The van der Waals surface area contributed by atoms with Gasteiger partial charge in [0.2, 0.25) is 15.9 Å². The molecular formula is C24H26ClF3N2O4S. The van der Waals surface area contributed by atoms with Gasteiger partial charge in [-0.1, -0.05) is 35.9 Å². The molecule has 1 amide bonds. The van der Waals surface area contributed by atoms with Gasteiger partial charge in [-0.25, -0.2) is 8.42 Å². The van der Waals surface area contributed by atoms with Gasteiger partial charge in [0.1, 0.15) is 0 Å². The molecule has 11 heteroatoms. The van der Waals surface area contributed by atoms with Crippen LogP contribution in [0.1, 0.15) is 37.8 Å². The van der Waals surface area contributed by atoms with Gasteiger partial charge in [0.05, 0.1) is 10.3 Å². The predicted octanol–water partition coefficient (Wildman–Crippen LogP) is 4.06. The molecule has 0 spiro atoms. The topological polar surface area (TPSA) is 77.9 Å². The van der Waals surface area contributed by atoms with Crippen molar-refractivity contribution in [1.82, 2.24) is 9.21 Å². The van der Waals surface area contributed by atoms with E-state index in [0.29, 0.717) is 24.8 Å². The largest absolute Gasteiger partial charge is 0.421 e. The number of piperazine rings is 1. The molecule has 2 aromatic carbocycles. The third-order valence-corrected chi connectivity index (χ3v) is 9.26. The summed E-state index contributed by atoms with van der Waals surface area (Å²) in [5.41, 5.74) is -3.26. The Kier molecular flexibility index (Phi) is 6.49. The number of rotatable bonds is 5. The Balaban J connectivity index is 1.48. The standard InChI is InChI=1S/C24H26ClF3N2O4S/c1-16-15-29(21(31)23(11-12-23)18-3-7-19(25)8-4-18)13-14-30(16)35(33,34)20-9-5-17(6-10-20)22(2,32)24(26,27)28/h3-10,16,32H,11-15H2,1-2H3/t16-,22?/m1/s1. The average molecular weight is 531 g/mol. The first-order chi connectivity index (χ1) is 16.2. The van der Waals surface area contributed by atoms with Crippen LogP contribution in [0.5, 0.6) is 0 Å². The van der Waals surface area contributed by atoms with Crippen molar-refractivity contribution in [1.29, 1.82) is 0 Å². The molecule has 0 aromatic heterocycles. The van der Waals surface area contributed by atoms with Crippen molar-refractivity contribution in [2.24, 2.45) is 0 Å². The number of benzene rings is 2. The molecule has 2 atom stereocenters. The summed E-state index contributed by atoms with van der Waals surface area (Å²) in [6, 6.07) is 10.7. The van der Waals surface area contributed by atoms with Crippen LogP contribution in [-0.2, 0) is 25.8 Å². The Bertz CT molecular complexity index is 1210. The zero-order valence-corrected chi connectivity index (χ0v) is 20.8. The van der Waals surface area contributed by atoms with Crippen LogP contribution in [0.15, 0.2) is 53.4 Å². The second-order valence-corrected chi connectivity index (χ2v) is 11.7. The minimum atomic E-state index is -4.91. The van der Waals surface area contributed by atoms with Gasteiger partial charge in [0.15, 0.2) is 5.60 Å². The highest BCUT2D eigenvalue weighted by atomic mass is 35.5. The van der Waals surface area contributed by atoms with E-state index in [1.165, 1.54) is 4.31 Å². The number of carbonyl (C=O) groups is 1. The number of sulfonamides is 1. The van der Waals surface area contributed by atoms with E-state index < -0.39 is 38.8 Å². The first-order valence-electron chi connectivity index (χ1n) is 11.2. The fourth-order valence-electron chi connectivity index (χ4n) is 4.56. The lowest BCUT2D eigenvalue weighted by Gasteiger charge is -2.40. The van der Waals surface area contributed by atoms with E-state index in [9.17, 15) is 31.5 Å². The maximum atomic E-state index is 13.4. The first-order valence-corrected chi connectivity index (χ1v) is 13.0. The van der Waals surface area contributed by atoms with Crippen molar-refractivity contribution >= 4 is 27.5 Å². The Labute approximate surface area is 207 Å². The maximum Gasteiger partial charge on any atom is 0.421 e. The quantitative estimate of drug-likeness (QED) is 0.632. The molecule has 1 aliphatic heterocycles. The lowest BCUT2D eigenvalue weighted by Crippen LogP contribution is -2.57. The van der Waals surface area contributed by atoms with Gasteiger partial charge in [-0.15, -0.1) is 0 Å². The molecule has 2 aliphatic rings. The van der Waals surface area contributed by atoms with Crippen LogP contribution < -0.4 is 0 Å². The fraction of sp³-hybridized carbons (Fsp3) is 0.458. The molecule has 6 nitrogen and oxygen atoms in total. The number of nitrogens with zero attached hydrogens (tertiary/aromatic N) is 2. The normalized spacial score (nSPS) is 22.5. The summed E-state index contributed by atoms with van der Waals surface area (Å²) in [5, 5.41) is 10.4. The van der Waals surface area contributed by atoms with E-state index in [1.807, 2.05) is 12.1 Å². The van der Waals surface area contributed by atoms with Crippen molar-refractivity contribution in [3.63, 3.8) is 0 Å². The van der Waals surface area contributed by atoms with Crippen LogP contribution in [0, 0.1) is 0 Å². The number of hydrogen-bond acceptors (Lipinski definition) is 4. The SMILES string of the molecule is C[C@@H]1CN(C(=O)C2(c3ccc(Cl)cc3)CC2)CCN1S(=O)(=O)c1ccc(C(C)(O)C(F)(F)F)cc1. The summed E-state index contributed by atoms with van der Waals surface area (Å²) in [5.74, 6) is -0.0394. The molecule has 0 bridgehead atoms. The molecule has 1 aliphatic carbocycles. The Hall–Kier alpha value is -2.14. The molecular weight excluding hydrogens is 505 g/mol. The van der Waals surface area contributed by atoms with Gasteiger partial charge in [-0.3, -0.25) is 4.79 Å². The van der Waals surface area contributed by atoms with Gasteiger partial charge in [0.25, 0.3) is 0 Å². The molecule has 4 rings (SSSR count). The lowest BCUT2D eigenvalue weighted by molar-refractivity contribution is -0.258. The lowest BCUT2D eigenvalue weighted by atomic mass is 9.94. The van der Waals surface area contributed by atoms with Crippen molar-refractivity contribution in [3.05, 3.63) is 64.7 Å². The van der Waals surface area contributed by atoms with Gasteiger partial charge in [0, 0.05) is 30.7 Å². The second-order valence-electron chi connectivity index (χ2n) is 9.40. The van der Waals surface area contributed by atoms with E-state index in [1.54, 1.807) is 24.0 Å². The summed E-state index contributed by atoms with van der Waals surface area (Å²) in [6.07, 6.45) is -3.47. The number of aliphatic hydroxyl groups is 1. The van der Waals surface area contributed by atoms with Crippen molar-refractivity contribution in [2.75, 3.05) is 19.6 Å². The van der Waals surface area contributed by atoms with Gasteiger partial charge < -0.3 is 10.0 Å². The summed E-state index contributed by atoms with van der Waals surface area (Å²) >= 11 is 5.97. The molecule has 1 heterocycles. The van der Waals surface area contributed by atoms with Crippen molar-refractivity contribution in [3.8, 4) is 0 Å². The molecule has 0 radical (unpaired) electrons. The monoisotopic (exact) mass is 530 g/mol. The van der Waals surface area contributed by atoms with Crippen LogP contribution in [0.25, 0.3) is 0 Å². The van der Waals surface area contributed by atoms with Gasteiger partial charge in [-0.05, 0) is 62.1 Å². The molecule has 1 unspecified atom stereocenters. The molecule has 190 valence electrons. The molecule has 1 saturated carbocycles. The van der Waals surface area contributed by atoms with Crippen LogP contribution in [0.3, 0.4) is 0 Å². The maximum absolute atomic E-state index is 13.4. The zero-order valence-electron chi connectivity index (χ0n) is 19.2. The van der Waals surface area contributed by atoms with Crippen molar-refractivity contribution < 1.29 is 31.5 Å². The number of carbonyl (C=O) groups excluding carboxylic acids is 1. The first kappa shape index (κ1) is 25.9. The molecule has 2 aromatic rings. The van der Waals surface area contributed by atoms with Gasteiger partial charge >= 0.3 is 6.18 Å². The zero-order chi connectivity index (χ0) is 25.8. The van der Waals surface area contributed by atoms with Crippen LogP contribution in [-0.4, -0.2) is 60.5 Å². The molecule has 1 saturated heterocycles. The minimum absolute atomic E-state index is 0.0394. The Morgan fingerprint density at radius 1 is 1.06 bits per heavy atom. The number of amides is 1. The highest BCUT2D eigenvalue weighted by Gasteiger charge is 2.54. The molecule has 35 heavy (non-hydrogen) atoms.